The zero-order chi connectivity index (χ0) is 25.6. The number of benzene rings is 1. The van der Waals surface area contributed by atoms with Crippen molar-refractivity contribution in [3.63, 3.8) is 0 Å². The van der Waals surface area contributed by atoms with Gasteiger partial charge in [0.2, 0.25) is 5.95 Å². The topological polar surface area (TPSA) is 93.4 Å². The first-order valence-electron chi connectivity index (χ1n) is 12.2. The van der Waals surface area contributed by atoms with E-state index in [4.69, 9.17) is 5.73 Å². The molecular formula is C27H28FN9. The number of anilines is 2. The first-order valence-corrected chi connectivity index (χ1v) is 12.2. The first kappa shape index (κ1) is 23.1. The summed E-state index contributed by atoms with van der Waals surface area (Å²) >= 11 is 0. The monoisotopic (exact) mass is 497 g/mol. The molecule has 5 heterocycles. The van der Waals surface area contributed by atoms with Crippen LogP contribution in [0.25, 0.3) is 16.6 Å². The number of aromatic nitrogens is 6. The van der Waals surface area contributed by atoms with Crippen LogP contribution in [0.2, 0.25) is 0 Å². The van der Waals surface area contributed by atoms with Crippen LogP contribution in [0.4, 0.5) is 16.0 Å². The van der Waals surface area contributed by atoms with Crippen LogP contribution < -0.4 is 15.5 Å². The van der Waals surface area contributed by atoms with Gasteiger partial charge in [0, 0.05) is 74.7 Å². The summed E-state index contributed by atoms with van der Waals surface area (Å²) in [6, 6.07) is 10.5. The number of hydrogen-bond acceptors (Lipinski definition) is 7. The Morgan fingerprint density at radius 2 is 1.49 bits per heavy atom. The van der Waals surface area contributed by atoms with E-state index in [9.17, 15) is 4.39 Å². The zero-order valence-corrected chi connectivity index (χ0v) is 20.8. The van der Waals surface area contributed by atoms with Gasteiger partial charge in [-0.05, 0) is 30.7 Å². The summed E-state index contributed by atoms with van der Waals surface area (Å²) in [5, 5.41) is 8.87. The Hall–Kier alpha value is -4.31. The Morgan fingerprint density at radius 3 is 2.16 bits per heavy atom. The van der Waals surface area contributed by atoms with Crippen molar-refractivity contribution in [2.24, 2.45) is 12.8 Å². The molecule has 9 nitrogen and oxygen atoms in total. The molecule has 0 radical (unpaired) electrons. The summed E-state index contributed by atoms with van der Waals surface area (Å²) < 4.78 is 17.1. The number of piperazine rings is 1. The lowest BCUT2D eigenvalue weighted by molar-refractivity contribution is 0.585. The maximum Gasteiger partial charge on any atom is 0.225 e. The number of rotatable bonds is 5. The summed E-state index contributed by atoms with van der Waals surface area (Å²) in [5.41, 5.74) is 11.7. The second-order valence-corrected chi connectivity index (χ2v) is 9.64. The molecule has 0 bridgehead atoms. The number of pyridine rings is 1. The van der Waals surface area contributed by atoms with E-state index in [-0.39, 0.29) is 5.82 Å². The summed E-state index contributed by atoms with van der Waals surface area (Å²) in [5.74, 6) is 0.392. The molecule has 1 saturated heterocycles. The predicted molar refractivity (Wildman–Crippen MR) is 141 cm³/mol. The summed E-state index contributed by atoms with van der Waals surface area (Å²) in [7, 11) is 1.91. The minimum absolute atomic E-state index is 0.288. The third kappa shape index (κ3) is 4.29. The van der Waals surface area contributed by atoms with Gasteiger partial charge in [-0.3, -0.25) is 4.68 Å². The first-order chi connectivity index (χ1) is 17.9. The molecule has 4 aromatic heterocycles. The van der Waals surface area contributed by atoms with Gasteiger partial charge in [0.1, 0.15) is 5.82 Å². The molecule has 2 N–H and O–H groups in total. The average Bonchev–Trinajstić information content (AvgIpc) is 3.55. The molecule has 1 unspecified atom stereocenters. The Kier molecular flexibility index (Phi) is 5.60. The van der Waals surface area contributed by atoms with Crippen molar-refractivity contribution >= 4 is 17.2 Å². The quantitative estimate of drug-likeness (QED) is 0.399. The van der Waals surface area contributed by atoms with Gasteiger partial charge in [-0.15, -0.1) is 0 Å². The Labute approximate surface area is 214 Å². The van der Waals surface area contributed by atoms with E-state index in [1.54, 1.807) is 29.2 Å². The van der Waals surface area contributed by atoms with E-state index in [0.717, 1.165) is 59.6 Å². The molecule has 10 heteroatoms. The van der Waals surface area contributed by atoms with Gasteiger partial charge in [-0.2, -0.15) is 10.2 Å². The van der Waals surface area contributed by atoms with E-state index < -0.39 is 5.54 Å². The molecule has 37 heavy (non-hydrogen) atoms. The van der Waals surface area contributed by atoms with Gasteiger partial charge >= 0.3 is 0 Å². The molecule has 0 spiro atoms. The van der Waals surface area contributed by atoms with E-state index >= 15 is 0 Å². The molecule has 0 aliphatic carbocycles. The standard InChI is InChI=1S/C27H28FN9/c1-27(29,21-4-6-23(28)7-5-21)22-14-30-26(31-15-22)36-11-9-35(10-12-36)25-16-33-37-18-19(3-8-24(25)37)20-13-32-34(2)17-20/h3-8,13-18H,9-12,29H2,1-2H3. The lowest BCUT2D eigenvalue weighted by Gasteiger charge is -2.35. The van der Waals surface area contributed by atoms with Crippen molar-refractivity contribution in [1.82, 2.24) is 29.4 Å². The Bertz CT molecular complexity index is 1530. The van der Waals surface area contributed by atoms with Crippen LogP contribution >= 0.6 is 0 Å². The smallest absolute Gasteiger partial charge is 0.225 e. The predicted octanol–water partition coefficient (Wildman–Crippen LogP) is 3.21. The molecule has 1 fully saturated rings. The van der Waals surface area contributed by atoms with E-state index in [0.29, 0.717) is 5.95 Å². The third-order valence-electron chi connectivity index (χ3n) is 7.12. The largest absolute Gasteiger partial charge is 0.365 e. The lowest BCUT2D eigenvalue weighted by Crippen LogP contribution is -2.47. The van der Waals surface area contributed by atoms with Gasteiger partial charge in [-0.1, -0.05) is 18.2 Å². The van der Waals surface area contributed by atoms with Crippen molar-refractivity contribution in [3.8, 4) is 11.1 Å². The van der Waals surface area contributed by atoms with Crippen molar-refractivity contribution in [1.29, 1.82) is 0 Å². The van der Waals surface area contributed by atoms with Crippen molar-refractivity contribution in [2.45, 2.75) is 12.5 Å². The highest BCUT2D eigenvalue weighted by molar-refractivity contribution is 5.75. The van der Waals surface area contributed by atoms with Crippen LogP contribution in [-0.2, 0) is 12.6 Å². The Balaban J connectivity index is 1.14. The number of nitrogens with two attached hydrogens (primary N) is 1. The fraction of sp³-hybridized carbons (Fsp3) is 0.259. The van der Waals surface area contributed by atoms with Crippen LogP contribution in [0.3, 0.4) is 0 Å². The molecule has 0 saturated carbocycles. The highest BCUT2D eigenvalue weighted by Gasteiger charge is 2.26. The molecular weight excluding hydrogens is 469 g/mol. The Morgan fingerprint density at radius 1 is 0.784 bits per heavy atom. The van der Waals surface area contributed by atoms with Crippen LogP contribution in [0.15, 0.2) is 73.6 Å². The normalized spacial score (nSPS) is 15.8. The minimum Gasteiger partial charge on any atom is -0.365 e. The molecule has 1 aliphatic heterocycles. The molecule has 1 aliphatic rings. The molecule has 188 valence electrons. The number of fused-ring (bicyclic) bond motifs is 1. The molecule has 1 aromatic carbocycles. The SMILES string of the molecule is Cn1cc(-c2ccc3c(N4CCN(c5ncc(C(C)(N)c6ccc(F)cc6)cn5)CC4)cnn3c2)cn1. The maximum atomic E-state index is 13.3. The van der Waals surface area contributed by atoms with Gasteiger partial charge < -0.3 is 15.5 Å². The van der Waals surface area contributed by atoms with Crippen molar-refractivity contribution < 1.29 is 4.39 Å². The fourth-order valence-corrected chi connectivity index (χ4v) is 4.82. The van der Waals surface area contributed by atoms with Crippen LogP contribution in [-0.4, -0.2) is 55.5 Å². The lowest BCUT2D eigenvalue weighted by atomic mass is 9.87. The summed E-state index contributed by atoms with van der Waals surface area (Å²) in [6.45, 7) is 5.14. The third-order valence-corrected chi connectivity index (χ3v) is 7.12. The van der Waals surface area contributed by atoms with Gasteiger partial charge in [0.15, 0.2) is 0 Å². The molecule has 6 rings (SSSR count). The highest BCUT2D eigenvalue weighted by atomic mass is 19.1. The highest BCUT2D eigenvalue weighted by Crippen LogP contribution is 2.28. The van der Waals surface area contributed by atoms with Gasteiger partial charge in [0.25, 0.3) is 0 Å². The zero-order valence-electron chi connectivity index (χ0n) is 20.8. The van der Waals surface area contributed by atoms with Crippen LogP contribution in [0.1, 0.15) is 18.1 Å². The van der Waals surface area contributed by atoms with Gasteiger partial charge in [-0.25, -0.2) is 18.9 Å². The number of aryl methyl sites for hydroxylation is 1. The summed E-state index contributed by atoms with van der Waals surface area (Å²) in [4.78, 5) is 13.7. The van der Waals surface area contributed by atoms with Gasteiger partial charge in [0.05, 0.1) is 29.1 Å². The van der Waals surface area contributed by atoms with E-state index in [2.05, 4.69) is 42.1 Å². The second-order valence-electron chi connectivity index (χ2n) is 9.64. The van der Waals surface area contributed by atoms with Crippen LogP contribution in [0, 0.1) is 5.82 Å². The van der Waals surface area contributed by atoms with Crippen molar-refractivity contribution in [2.75, 3.05) is 36.0 Å². The second kappa shape index (κ2) is 8.97. The number of nitrogens with zero attached hydrogens (tertiary/aromatic N) is 8. The number of hydrogen-bond donors (Lipinski definition) is 1. The van der Waals surface area contributed by atoms with E-state index in [1.807, 2.05) is 43.3 Å². The number of halogens is 1. The minimum atomic E-state index is -0.814. The molecule has 0 amide bonds. The fourth-order valence-electron chi connectivity index (χ4n) is 4.82. The van der Waals surface area contributed by atoms with Crippen LogP contribution in [0.5, 0.6) is 0 Å². The molecule has 5 aromatic rings. The summed E-state index contributed by atoms with van der Waals surface area (Å²) in [6.07, 6.45) is 11.4. The average molecular weight is 498 g/mol. The van der Waals surface area contributed by atoms with E-state index in [1.165, 1.54) is 12.1 Å². The molecule has 1 atom stereocenters. The van der Waals surface area contributed by atoms with Crippen molar-refractivity contribution in [3.05, 3.63) is 90.5 Å². The maximum absolute atomic E-state index is 13.3.